The summed E-state index contributed by atoms with van der Waals surface area (Å²) in [4.78, 5) is 0. The standard InChI is InChI=1S/C14H18FNS/c15-11-4-5-13-10(8-11)3-6-14(13)16-9-12-2-1-7-17-12/h4-5,8,12,14,16H,1-3,6-7,9H2. The monoisotopic (exact) mass is 251 g/mol. The molecule has 1 aromatic carbocycles. The average molecular weight is 251 g/mol. The Morgan fingerprint density at radius 3 is 3.12 bits per heavy atom. The Bertz CT molecular complexity index is 401. The van der Waals surface area contributed by atoms with Gasteiger partial charge in [-0.15, -0.1) is 0 Å². The van der Waals surface area contributed by atoms with Crippen LogP contribution in [-0.4, -0.2) is 17.5 Å². The molecule has 1 N–H and O–H groups in total. The molecule has 0 aromatic heterocycles. The summed E-state index contributed by atoms with van der Waals surface area (Å²) in [6, 6.07) is 5.69. The van der Waals surface area contributed by atoms with Crippen LogP contribution in [0.4, 0.5) is 4.39 Å². The number of benzene rings is 1. The highest BCUT2D eigenvalue weighted by Crippen LogP contribution is 2.32. The van der Waals surface area contributed by atoms with Crippen molar-refractivity contribution in [3.63, 3.8) is 0 Å². The van der Waals surface area contributed by atoms with Crippen LogP contribution in [0.25, 0.3) is 0 Å². The molecule has 0 amide bonds. The van der Waals surface area contributed by atoms with Crippen LogP contribution in [0, 0.1) is 5.82 Å². The van der Waals surface area contributed by atoms with Crippen LogP contribution < -0.4 is 5.32 Å². The molecule has 2 unspecified atom stereocenters. The van der Waals surface area contributed by atoms with E-state index in [-0.39, 0.29) is 5.82 Å². The van der Waals surface area contributed by atoms with Crippen molar-refractivity contribution in [3.05, 3.63) is 35.1 Å². The van der Waals surface area contributed by atoms with Gasteiger partial charge in [0.2, 0.25) is 0 Å². The van der Waals surface area contributed by atoms with Crippen molar-refractivity contribution in [1.82, 2.24) is 5.32 Å². The largest absolute Gasteiger partial charge is 0.309 e. The Labute approximate surface area is 106 Å². The van der Waals surface area contributed by atoms with Gasteiger partial charge < -0.3 is 5.32 Å². The summed E-state index contributed by atoms with van der Waals surface area (Å²) in [5, 5.41) is 4.45. The Hall–Kier alpha value is -0.540. The van der Waals surface area contributed by atoms with Crippen LogP contribution in [0.15, 0.2) is 18.2 Å². The van der Waals surface area contributed by atoms with Crippen LogP contribution >= 0.6 is 11.8 Å². The normalized spacial score (nSPS) is 27.4. The lowest BCUT2D eigenvalue weighted by Gasteiger charge is -2.17. The molecule has 3 heteroatoms. The van der Waals surface area contributed by atoms with E-state index in [2.05, 4.69) is 17.1 Å². The van der Waals surface area contributed by atoms with Crippen molar-refractivity contribution in [3.8, 4) is 0 Å². The lowest BCUT2D eigenvalue weighted by molar-refractivity contribution is 0.522. The number of hydrogen-bond donors (Lipinski definition) is 1. The number of aryl methyl sites for hydroxylation is 1. The van der Waals surface area contributed by atoms with Crippen molar-refractivity contribution in [2.45, 2.75) is 37.0 Å². The van der Waals surface area contributed by atoms with Gasteiger partial charge in [0.1, 0.15) is 5.82 Å². The molecule has 1 aliphatic carbocycles. The third-order valence-electron chi connectivity index (χ3n) is 3.80. The highest BCUT2D eigenvalue weighted by Gasteiger charge is 2.24. The van der Waals surface area contributed by atoms with E-state index in [1.165, 1.54) is 29.7 Å². The lowest BCUT2D eigenvalue weighted by atomic mass is 10.1. The van der Waals surface area contributed by atoms with E-state index in [1.807, 2.05) is 6.07 Å². The molecule has 0 saturated carbocycles. The third-order valence-corrected chi connectivity index (χ3v) is 5.20. The minimum Gasteiger partial charge on any atom is -0.309 e. The van der Waals surface area contributed by atoms with Crippen molar-refractivity contribution in [2.24, 2.45) is 0 Å². The maximum Gasteiger partial charge on any atom is 0.123 e. The van der Waals surface area contributed by atoms with E-state index in [1.54, 1.807) is 12.1 Å². The van der Waals surface area contributed by atoms with Crippen LogP contribution in [0.5, 0.6) is 0 Å². The second kappa shape index (κ2) is 4.99. The van der Waals surface area contributed by atoms with Crippen LogP contribution in [0.2, 0.25) is 0 Å². The number of rotatable bonds is 3. The SMILES string of the molecule is Fc1ccc2c(c1)CCC2NCC1CCCS1. The Balaban J connectivity index is 1.63. The summed E-state index contributed by atoms with van der Waals surface area (Å²) in [6.07, 6.45) is 4.85. The zero-order valence-corrected chi connectivity index (χ0v) is 10.7. The molecular formula is C14H18FNS. The van der Waals surface area contributed by atoms with Gasteiger partial charge in [0.15, 0.2) is 0 Å². The second-order valence-electron chi connectivity index (χ2n) is 4.98. The minimum absolute atomic E-state index is 0.101. The fraction of sp³-hybridized carbons (Fsp3) is 0.571. The van der Waals surface area contributed by atoms with E-state index in [0.717, 1.165) is 24.6 Å². The number of fused-ring (bicyclic) bond motifs is 1. The summed E-state index contributed by atoms with van der Waals surface area (Å²) < 4.78 is 13.1. The van der Waals surface area contributed by atoms with Crippen LogP contribution in [0.1, 0.15) is 36.4 Å². The smallest absolute Gasteiger partial charge is 0.123 e. The highest BCUT2D eigenvalue weighted by molar-refractivity contribution is 8.00. The van der Waals surface area contributed by atoms with E-state index < -0.39 is 0 Å². The quantitative estimate of drug-likeness (QED) is 0.884. The summed E-state index contributed by atoms with van der Waals surface area (Å²) in [5.41, 5.74) is 2.51. The number of nitrogens with one attached hydrogen (secondary N) is 1. The molecule has 0 spiro atoms. The molecule has 1 fully saturated rings. The Kier molecular flexibility index (Phi) is 3.39. The molecule has 1 aliphatic heterocycles. The maximum absolute atomic E-state index is 13.1. The van der Waals surface area contributed by atoms with Crippen molar-refractivity contribution in [1.29, 1.82) is 0 Å². The van der Waals surface area contributed by atoms with Gasteiger partial charge in [-0.3, -0.25) is 0 Å². The molecule has 0 bridgehead atoms. The predicted octanol–water partition coefficient (Wildman–Crippen LogP) is 3.30. The molecule has 1 nitrogen and oxygen atoms in total. The fourth-order valence-electron chi connectivity index (χ4n) is 2.88. The first kappa shape index (κ1) is 11.5. The van der Waals surface area contributed by atoms with Crippen LogP contribution in [0.3, 0.4) is 0 Å². The Morgan fingerprint density at radius 1 is 1.35 bits per heavy atom. The van der Waals surface area contributed by atoms with E-state index in [0.29, 0.717) is 6.04 Å². The predicted molar refractivity (Wildman–Crippen MR) is 70.9 cm³/mol. The number of halogens is 1. The zero-order valence-electron chi connectivity index (χ0n) is 9.92. The van der Waals surface area contributed by atoms with E-state index in [9.17, 15) is 4.39 Å². The highest BCUT2D eigenvalue weighted by atomic mass is 32.2. The van der Waals surface area contributed by atoms with E-state index in [4.69, 9.17) is 0 Å². The molecule has 17 heavy (non-hydrogen) atoms. The third kappa shape index (κ3) is 2.50. The first-order valence-electron chi connectivity index (χ1n) is 6.46. The first-order chi connectivity index (χ1) is 8.33. The summed E-state index contributed by atoms with van der Waals surface area (Å²) in [5.74, 6) is 1.22. The average Bonchev–Trinajstić information content (AvgIpc) is 2.94. The molecule has 92 valence electrons. The molecule has 1 heterocycles. The van der Waals surface area contributed by atoms with Crippen LogP contribution in [-0.2, 0) is 6.42 Å². The lowest BCUT2D eigenvalue weighted by Crippen LogP contribution is -2.26. The molecule has 1 saturated heterocycles. The second-order valence-corrected chi connectivity index (χ2v) is 6.39. The maximum atomic E-state index is 13.1. The van der Waals surface area contributed by atoms with Gasteiger partial charge in [0.05, 0.1) is 0 Å². The van der Waals surface area contributed by atoms with Gasteiger partial charge in [0.25, 0.3) is 0 Å². The van der Waals surface area contributed by atoms with E-state index >= 15 is 0 Å². The molecule has 0 radical (unpaired) electrons. The Morgan fingerprint density at radius 2 is 2.29 bits per heavy atom. The fourth-order valence-corrected chi connectivity index (χ4v) is 4.09. The van der Waals surface area contributed by atoms with Crippen molar-refractivity contribution >= 4 is 11.8 Å². The van der Waals surface area contributed by atoms with Gasteiger partial charge >= 0.3 is 0 Å². The molecular weight excluding hydrogens is 233 g/mol. The molecule has 1 aromatic rings. The molecule has 2 atom stereocenters. The van der Waals surface area contributed by atoms with Gasteiger partial charge in [-0.25, -0.2) is 4.39 Å². The van der Waals surface area contributed by atoms with Gasteiger partial charge in [-0.05, 0) is 54.7 Å². The van der Waals surface area contributed by atoms with Crippen molar-refractivity contribution < 1.29 is 4.39 Å². The topological polar surface area (TPSA) is 12.0 Å². The number of thioether (sulfide) groups is 1. The minimum atomic E-state index is -0.101. The molecule has 2 aliphatic rings. The number of hydrogen-bond acceptors (Lipinski definition) is 2. The summed E-state index contributed by atoms with van der Waals surface area (Å²) >= 11 is 2.09. The zero-order chi connectivity index (χ0) is 11.7. The molecule has 3 rings (SSSR count). The summed E-state index contributed by atoms with van der Waals surface area (Å²) in [7, 11) is 0. The van der Waals surface area contributed by atoms with Crippen molar-refractivity contribution in [2.75, 3.05) is 12.3 Å². The summed E-state index contributed by atoms with van der Waals surface area (Å²) in [6.45, 7) is 1.10. The van der Waals surface area contributed by atoms with Gasteiger partial charge in [0, 0.05) is 17.8 Å². The first-order valence-corrected chi connectivity index (χ1v) is 7.51. The van der Waals surface area contributed by atoms with Gasteiger partial charge in [-0.2, -0.15) is 11.8 Å². The van der Waals surface area contributed by atoms with Gasteiger partial charge in [-0.1, -0.05) is 6.07 Å².